The summed E-state index contributed by atoms with van der Waals surface area (Å²) in [4.78, 5) is 18.5. The van der Waals surface area contributed by atoms with E-state index < -0.39 is 9.84 Å². The lowest BCUT2D eigenvalue weighted by Crippen LogP contribution is -2.25. The van der Waals surface area contributed by atoms with Gasteiger partial charge in [0.05, 0.1) is 29.3 Å². The van der Waals surface area contributed by atoms with Gasteiger partial charge in [0.15, 0.2) is 9.84 Å². The van der Waals surface area contributed by atoms with Crippen molar-refractivity contribution in [1.29, 1.82) is 0 Å². The molecule has 1 aliphatic rings. The normalized spacial score (nSPS) is 22.1. The Balaban J connectivity index is 2.11. The molecule has 2 aromatic rings. The first-order valence-electron chi connectivity index (χ1n) is 6.20. The highest BCUT2D eigenvalue weighted by Gasteiger charge is 2.30. The lowest BCUT2D eigenvalue weighted by atomic mass is 10.2. The van der Waals surface area contributed by atoms with Gasteiger partial charge < -0.3 is 0 Å². The predicted molar refractivity (Wildman–Crippen MR) is 75.6 cm³/mol. The zero-order valence-electron chi connectivity index (χ0n) is 10.5. The molecule has 0 unspecified atom stereocenters. The second-order valence-corrected chi connectivity index (χ2v) is 8.14. The van der Waals surface area contributed by atoms with E-state index in [2.05, 4.69) is 4.98 Å². The number of aromatic nitrogens is 2. The molecule has 0 bridgehead atoms. The van der Waals surface area contributed by atoms with Crippen molar-refractivity contribution in [3.8, 4) is 0 Å². The summed E-state index contributed by atoms with van der Waals surface area (Å²) >= 11 is 1.52. The molecule has 3 heterocycles. The molecule has 19 heavy (non-hydrogen) atoms. The summed E-state index contributed by atoms with van der Waals surface area (Å²) in [5.74, 6) is 0.205. The van der Waals surface area contributed by atoms with Gasteiger partial charge in [-0.25, -0.2) is 13.4 Å². The highest BCUT2D eigenvalue weighted by atomic mass is 32.2. The fourth-order valence-electron chi connectivity index (χ4n) is 2.42. The summed E-state index contributed by atoms with van der Waals surface area (Å²) < 4.78 is 24.5. The van der Waals surface area contributed by atoms with Gasteiger partial charge in [-0.3, -0.25) is 9.36 Å². The number of aryl methyl sites for hydroxylation is 1. The van der Waals surface area contributed by atoms with E-state index in [0.29, 0.717) is 11.8 Å². The van der Waals surface area contributed by atoms with E-state index in [1.165, 1.54) is 22.2 Å². The highest BCUT2D eigenvalue weighted by molar-refractivity contribution is 7.91. The minimum atomic E-state index is -3.00. The quantitative estimate of drug-likeness (QED) is 0.840. The highest BCUT2D eigenvalue weighted by Crippen LogP contribution is 2.25. The Hall–Kier alpha value is -1.21. The Morgan fingerprint density at radius 3 is 2.95 bits per heavy atom. The van der Waals surface area contributed by atoms with Crippen molar-refractivity contribution in [1.82, 2.24) is 9.55 Å². The standard InChI is InChI=1S/C12H14N2O3S2/c1-2-9-5-10-11(18-9)13-7-14(12(10)15)8-3-4-19(16,17)6-8/h5,7-8H,2-4,6H2,1H3/t8-/m1/s1. The van der Waals surface area contributed by atoms with Gasteiger partial charge in [-0.05, 0) is 18.9 Å². The smallest absolute Gasteiger partial charge is 0.262 e. The minimum absolute atomic E-state index is 0.0465. The van der Waals surface area contributed by atoms with E-state index in [1.54, 1.807) is 0 Å². The Morgan fingerprint density at radius 1 is 1.53 bits per heavy atom. The monoisotopic (exact) mass is 298 g/mol. The molecule has 2 aromatic heterocycles. The molecule has 1 aliphatic heterocycles. The van der Waals surface area contributed by atoms with Crippen LogP contribution in [-0.2, 0) is 16.3 Å². The molecule has 102 valence electrons. The van der Waals surface area contributed by atoms with E-state index >= 15 is 0 Å². The van der Waals surface area contributed by atoms with Crippen LogP contribution in [0.3, 0.4) is 0 Å². The SMILES string of the molecule is CCc1cc2c(=O)n([C@@H]3CCS(=O)(=O)C3)cnc2s1. The molecular formula is C12H14N2O3S2. The van der Waals surface area contributed by atoms with Gasteiger partial charge in [0.1, 0.15) is 4.83 Å². The van der Waals surface area contributed by atoms with Crippen molar-refractivity contribution in [2.24, 2.45) is 0 Å². The van der Waals surface area contributed by atoms with Crippen LogP contribution in [0.25, 0.3) is 10.2 Å². The number of hydrogen-bond acceptors (Lipinski definition) is 5. The van der Waals surface area contributed by atoms with Crippen LogP contribution in [0.15, 0.2) is 17.2 Å². The Morgan fingerprint density at radius 2 is 2.32 bits per heavy atom. The Bertz CT molecular complexity index is 789. The average molecular weight is 298 g/mol. The summed E-state index contributed by atoms with van der Waals surface area (Å²) in [5, 5.41) is 0.605. The van der Waals surface area contributed by atoms with Crippen LogP contribution < -0.4 is 5.56 Å². The third kappa shape index (κ3) is 2.21. The molecule has 1 saturated heterocycles. The molecule has 1 atom stereocenters. The number of rotatable bonds is 2. The predicted octanol–water partition coefficient (Wildman–Crippen LogP) is 1.38. The molecule has 0 aliphatic carbocycles. The topological polar surface area (TPSA) is 69.0 Å². The second kappa shape index (κ2) is 4.42. The largest absolute Gasteiger partial charge is 0.294 e. The summed E-state index contributed by atoms with van der Waals surface area (Å²) in [6.07, 6.45) is 2.87. The Labute approximate surface area is 114 Å². The van der Waals surface area contributed by atoms with Crippen LogP contribution in [0.5, 0.6) is 0 Å². The third-order valence-corrected chi connectivity index (χ3v) is 6.42. The molecule has 0 spiro atoms. The minimum Gasteiger partial charge on any atom is -0.294 e. The van der Waals surface area contributed by atoms with E-state index in [0.717, 1.165) is 16.1 Å². The average Bonchev–Trinajstić information content (AvgIpc) is 2.93. The van der Waals surface area contributed by atoms with Gasteiger partial charge in [-0.1, -0.05) is 6.92 Å². The van der Waals surface area contributed by atoms with E-state index in [9.17, 15) is 13.2 Å². The van der Waals surface area contributed by atoms with Crippen LogP contribution in [0, 0.1) is 0 Å². The van der Waals surface area contributed by atoms with Crippen LogP contribution in [0.2, 0.25) is 0 Å². The molecule has 0 saturated carbocycles. The zero-order valence-corrected chi connectivity index (χ0v) is 12.1. The zero-order chi connectivity index (χ0) is 13.6. The first-order valence-corrected chi connectivity index (χ1v) is 8.84. The lowest BCUT2D eigenvalue weighted by Gasteiger charge is -2.10. The maximum Gasteiger partial charge on any atom is 0.262 e. The lowest BCUT2D eigenvalue weighted by molar-refractivity contribution is 0.534. The van der Waals surface area contributed by atoms with Gasteiger partial charge in [0.25, 0.3) is 5.56 Å². The van der Waals surface area contributed by atoms with Gasteiger partial charge >= 0.3 is 0 Å². The Kier molecular flexibility index (Phi) is 2.98. The molecule has 7 heteroatoms. The van der Waals surface area contributed by atoms with Crippen LogP contribution in [-0.4, -0.2) is 29.5 Å². The number of thiophene rings is 1. The van der Waals surface area contributed by atoms with Gasteiger partial charge in [0.2, 0.25) is 0 Å². The second-order valence-electron chi connectivity index (χ2n) is 4.80. The van der Waals surface area contributed by atoms with Crippen LogP contribution in [0.1, 0.15) is 24.3 Å². The first-order chi connectivity index (χ1) is 9.00. The molecule has 0 aromatic carbocycles. The summed E-state index contributed by atoms with van der Waals surface area (Å²) in [5.41, 5.74) is -0.122. The first kappa shape index (κ1) is 12.8. The molecule has 1 fully saturated rings. The molecule has 5 nitrogen and oxygen atoms in total. The summed E-state index contributed by atoms with van der Waals surface area (Å²) in [7, 11) is -3.00. The maximum atomic E-state index is 12.4. The molecule has 0 N–H and O–H groups in total. The van der Waals surface area contributed by atoms with E-state index in [-0.39, 0.29) is 23.1 Å². The van der Waals surface area contributed by atoms with Gasteiger partial charge in [-0.2, -0.15) is 0 Å². The van der Waals surface area contributed by atoms with Crippen molar-refractivity contribution in [3.63, 3.8) is 0 Å². The van der Waals surface area contributed by atoms with Gasteiger partial charge in [0, 0.05) is 4.88 Å². The van der Waals surface area contributed by atoms with E-state index in [4.69, 9.17) is 0 Å². The van der Waals surface area contributed by atoms with Crippen molar-refractivity contribution in [3.05, 3.63) is 27.6 Å². The molecular weight excluding hydrogens is 284 g/mol. The van der Waals surface area contributed by atoms with Crippen LogP contribution >= 0.6 is 11.3 Å². The van der Waals surface area contributed by atoms with Crippen LogP contribution in [0.4, 0.5) is 0 Å². The maximum absolute atomic E-state index is 12.4. The van der Waals surface area contributed by atoms with Crippen molar-refractivity contribution < 1.29 is 8.42 Å². The third-order valence-electron chi connectivity index (χ3n) is 3.48. The number of fused-ring (bicyclic) bond motifs is 1. The summed E-state index contributed by atoms with van der Waals surface area (Å²) in [6, 6.07) is 1.61. The number of hydrogen-bond donors (Lipinski definition) is 0. The van der Waals surface area contributed by atoms with Crippen molar-refractivity contribution >= 4 is 31.4 Å². The van der Waals surface area contributed by atoms with E-state index in [1.807, 2.05) is 13.0 Å². The number of sulfone groups is 1. The molecule has 0 amide bonds. The van der Waals surface area contributed by atoms with Crippen molar-refractivity contribution in [2.75, 3.05) is 11.5 Å². The molecule has 3 rings (SSSR count). The summed E-state index contributed by atoms with van der Waals surface area (Å²) in [6.45, 7) is 2.03. The van der Waals surface area contributed by atoms with Gasteiger partial charge in [-0.15, -0.1) is 11.3 Å². The fraction of sp³-hybridized carbons (Fsp3) is 0.500. The molecule has 0 radical (unpaired) electrons. The van der Waals surface area contributed by atoms with Crippen molar-refractivity contribution in [2.45, 2.75) is 25.8 Å². The number of nitrogens with zero attached hydrogens (tertiary/aromatic N) is 2. The fourth-order valence-corrected chi connectivity index (χ4v) is 5.05.